The van der Waals surface area contributed by atoms with E-state index in [-0.39, 0.29) is 0 Å². The van der Waals surface area contributed by atoms with E-state index in [1.807, 2.05) is 0 Å². The van der Waals surface area contributed by atoms with E-state index in [1.54, 1.807) is 0 Å². The Balaban J connectivity index is 1.79. The highest BCUT2D eigenvalue weighted by atomic mass is 15.2. The van der Waals surface area contributed by atoms with Crippen LogP contribution in [0.5, 0.6) is 0 Å². The fourth-order valence-corrected chi connectivity index (χ4v) is 3.87. The maximum atomic E-state index is 3.47. The molecule has 2 saturated heterocycles. The lowest BCUT2D eigenvalue weighted by molar-refractivity contribution is 0.374. The fraction of sp³-hybridized carbons (Fsp3) is 0.647. The Bertz CT molecular complexity index is 409. The Hall–Kier alpha value is -1.02. The first-order valence-electron chi connectivity index (χ1n) is 7.74. The molecule has 1 N–H and O–H groups in total. The number of fused-ring (bicyclic) bond motifs is 2. The molecule has 2 nitrogen and oxygen atoms in total. The minimum atomic E-state index is 0.626. The van der Waals surface area contributed by atoms with Gasteiger partial charge in [0, 0.05) is 23.8 Å². The van der Waals surface area contributed by atoms with Crippen molar-refractivity contribution >= 4 is 5.69 Å². The second-order valence-corrected chi connectivity index (χ2v) is 6.50. The standard InChI is InChI=1S/C17H26N2/c1-12(2)13-4-6-15(7-5-13)19-16-8-9-17(19)11-14(10-16)18-3/h4-7,12,14,16-18H,8-11H2,1-3H3. The number of hydrogen-bond acceptors (Lipinski definition) is 2. The minimum absolute atomic E-state index is 0.626. The lowest BCUT2D eigenvalue weighted by Gasteiger charge is -2.40. The molecule has 2 heterocycles. The van der Waals surface area contributed by atoms with E-state index in [4.69, 9.17) is 0 Å². The van der Waals surface area contributed by atoms with E-state index < -0.39 is 0 Å². The molecular formula is C17H26N2. The summed E-state index contributed by atoms with van der Waals surface area (Å²) in [4.78, 5) is 2.69. The average molecular weight is 258 g/mol. The Morgan fingerprint density at radius 3 is 2.11 bits per heavy atom. The number of nitrogens with one attached hydrogen (secondary N) is 1. The van der Waals surface area contributed by atoms with Crippen LogP contribution in [0, 0.1) is 0 Å². The number of anilines is 1. The summed E-state index contributed by atoms with van der Waals surface area (Å²) < 4.78 is 0. The van der Waals surface area contributed by atoms with Gasteiger partial charge in [-0.15, -0.1) is 0 Å². The molecule has 0 saturated carbocycles. The zero-order chi connectivity index (χ0) is 13.4. The summed E-state index contributed by atoms with van der Waals surface area (Å²) in [6.45, 7) is 4.52. The summed E-state index contributed by atoms with van der Waals surface area (Å²) in [5.41, 5.74) is 2.88. The lowest BCUT2D eigenvalue weighted by atomic mass is 9.96. The normalized spacial score (nSPS) is 30.1. The molecule has 0 amide bonds. The lowest BCUT2D eigenvalue weighted by Crippen LogP contribution is -2.48. The quantitative estimate of drug-likeness (QED) is 0.892. The minimum Gasteiger partial charge on any atom is -0.365 e. The van der Waals surface area contributed by atoms with Crippen molar-refractivity contribution < 1.29 is 0 Å². The van der Waals surface area contributed by atoms with Crippen LogP contribution in [0.2, 0.25) is 0 Å². The molecule has 2 heteroatoms. The highest BCUT2D eigenvalue weighted by molar-refractivity contribution is 5.52. The third-order valence-corrected chi connectivity index (χ3v) is 5.00. The van der Waals surface area contributed by atoms with Gasteiger partial charge in [-0.2, -0.15) is 0 Å². The first kappa shape index (κ1) is 13.0. The first-order chi connectivity index (χ1) is 9.19. The van der Waals surface area contributed by atoms with Crippen molar-refractivity contribution in [2.24, 2.45) is 0 Å². The predicted octanol–water partition coefficient (Wildman–Crippen LogP) is 3.53. The fourth-order valence-electron chi connectivity index (χ4n) is 3.87. The Morgan fingerprint density at radius 2 is 1.63 bits per heavy atom. The summed E-state index contributed by atoms with van der Waals surface area (Å²) in [5.74, 6) is 0.626. The third kappa shape index (κ3) is 2.38. The Morgan fingerprint density at radius 1 is 1.05 bits per heavy atom. The van der Waals surface area contributed by atoms with Crippen molar-refractivity contribution in [1.82, 2.24) is 5.32 Å². The van der Waals surface area contributed by atoms with Crippen LogP contribution in [0.3, 0.4) is 0 Å². The largest absolute Gasteiger partial charge is 0.365 e. The molecule has 2 fully saturated rings. The van der Waals surface area contributed by atoms with Gasteiger partial charge in [-0.05, 0) is 56.3 Å². The van der Waals surface area contributed by atoms with E-state index in [2.05, 4.69) is 55.4 Å². The summed E-state index contributed by atoms with van der Waals surface area (Å²) in [5, 5.41) is 3.47. The van der Waals surface area contributed by atoms with Crippen molar-refractivity contribution in [2.75, 3.05) is 11.9 Å². The second-order valence-electron chi connectivity index (χ2n) is 6.50. The van der Waals surface area contributed by atoms with Crippen molar-refractivity contribution in [2.45, 2.75) is 63.6 Å². The molecule has 0 radical (unpaired) electrons. The maximum Gasteiger partial charge on any atom is 0.0371 e. The molecular weight excluding hydrogens is 232 g/mol. The second kappa shape index (κ2) is 5.16. The van der Waals surface area contributed by atoms with E-state index in [0.29, 0.717) is 5.92 Å². The van der Waals surface area contributed by atoms with Gasteiger partial charge in [0.2, 0.25) is 0 Å². The van der Waals surface area contributed by atoms with Gasteiger partial charge in [0.1, 0.15) is 0 Å². The zero-order valence-electron chi connectivity index (χ0n) is 12.4. The summed E-state index contributed by atoms with van der Waals surface area (Å²) >= 11 is 0. The van der Waals surface area contributed by atoms with E-state index in [9.17, 15) is 0 Å². The van der Waals surface area contributed by atoms with Gasteiger partial charge >= 0.3 is 0 Å². The van der Waals surface area contributed by atoms with E-state index in [0.717, 1.165) is 18.1 Å². The first-order valence-corrected chi connectivity index (χ1v) is 7.74. The Kier molecular flexibility index (Phi) is 3.53. The molecule has 0 aromatic heterocycles. The average Bonchev–Trinajstić information content (AvgIpc) is 2.69. The topological polar surface area (TPSA) is 15.3 Å². The summed E-state index contributed by atoms with van der Waals surface area (Å²) in [7, 11) is 2.11. The maximum absolute atomic E-state index is 3.47. The number of benzene rings is 1. The van der Waals surface area contributed by atoms with Gasteiger partial charge in [-0.1, -0.05) is 26.0 Å². The predicted molar refractivity (Wildman–Crippen MR) is 81.9 cm³/mol. The molecule has 2 aliphatic heterocycles. The van der Waals surface area contributed by atoms with Crippen LogP contribution >= 0.6 is 0 Å². The van der Waals surface area contributed by atoms with E-state index in [1.165, 1.54) is 36.9 Å². The molecule has 2 bridgehead atoms. The molecule has 1 aromatic rings. The molecule has 104 valence electrons. The van der Waals surface area contributed by atoms with Gasteiger partial charge in [0.15, 0.2) is 0 Å². The molecule has 2 aliphatic rings. The van der Waals surface area contributed by atoms with Crippen molar-refractivity contribution in [3.8, 4) is 0 Å². The monoisotopic (exact) mass is 258 g/mol. The molecule has 3 rings (SSSR count). The smallest absolute Gasteiger partial charge is 0.0371 e. The van der Waals surface area contributed by atoms with Crippen LogP contribution in [0.15, 0.2) is 24.3 Å². The van der Waals surface area contributed by atoms with Crippen molar-refractivity contribution in [1.29, 1.82) is 0 Å². The molecule has 0 spiro atoms. The van der Waals surface area contributed by atoms with Gasteiger partial charge in [0.05, 0.1) is 0 Å². The highest BCUT2D eigenvalue weighted by Crippen LogP contribution is 2.39. The number of rotatable bonds is 3. The van der Waals surface area contributed by atoms with Gasteiger partial charge < -0.3 is 10.2 Å². The van der Waals surface area contributed by atoms with Gasteiger partial charge in [0.25, 0.3) is 0 Å². The van der Waals surface area contributed by atoms with Crippen LogP contribution in [0.4, 0.5) is 5.69 Å². The van der Waals surface area contributed by atoms with Crippen LogP contribution in [0.25, 0.3) is 0 Å². The van der Waals surface area contributed by atoms with Crippen LogP contribution in [-0.4, -0.2) is 25.2 Å². The number of piperidine rings is 1. The molecule has 0 aliphatic carbocycles. The van der Waals surface area contributed by atoms with Crippen molar-refractivity contribution in [3.63, 3.8) is 0 Å². The molecule has 2 unspecified atom stereocenters. The molecule has 2 atom stereocenters. The Labute approximate surface area is 117 Å². The molecule has 1 aromatic carbocycles. The van der Waals surface area contributed by atoms with Crippen LogP contribution in [-0.2, 0) is 0 Å². The van der Waals surface area contributed by atoms with Crippen LogP contribution in [0.1, 0.15) is 51.0 Å². The number of hydrogen-bond donors (Lipinski definition) is 1. The third-order valence-electron chi connectivity index (χ3n) is 5.00. The zero-order valence-corrected chi connectivity index (χ0v) is 12.4. The summed E-state index contributed by atoms with van der Waals surface area (Å²) in [6, 6.07) is 11.5. The van der Waals surface area contributed by atoms with Gasteiger partial charge in [-0.3, -0.25) is 0 Å². The molecule has 19 heavy (non-hydrogen) atoms. The SMILES string of the molecule is CNC1CC2CCC(C1)N2c1ccc(C(C)C)cc1. The van der Waals surface area contributed by atoms with E-state index >= 15 is 0 Å². The van der Waals surface area contributed by atoms with Gasteiger partial charge in [-0.25, -0.2) is 0 Å². The van der Waals surface area contributed by atoms with Crippen molar-refractivity contribution in [3.05, 3.63) is 29.8 Å². The summed E-state index contributed by atoms with van der Waals surface area (Å²) in [6.07, 6.45) is 5.35. The van der Waals surface area contributed by atoms with Crippen LogP contribution < -0.4 is 10.2 Å². The number of nitrogens with zero attached hydrogens (tertiary/aromatic N) is 1. The highest BCUT2D eigenvalue weighted by Gasteiger charge is 2.40.